The molecule has 0 amide bonds. The van der Waals surface area contributed by atoms with Gasteiger partial charge in [0, 0.05) is 24.9 Å². The molecule has 0 aliphatic heterocycles. The van der Waals surface area contributed by atoms with Gasteiger partial charge in [0.1, 0.15) is 0 Å². The quantitative estimate of drug-likeness (QED) is 0.422. The van der Waals surface area contributed by atoms with E-state index in [2.05, 4.69) is 24.4 Å². The van der Waals surface area contributed by atoms with Gasteiger partial charge in [0.15, 0.2) is 17.3 Å². The van der Waals surface area contributed by atoms with Gasteiger partial charge < -0.3 is 14.8 Å². The Labute approximate surface area is 184 Å². The summed E-state index contributed by atoms with van der Waals surface area (Å²) in [6.07, 6.45) is 0. The van der Waals surface area contributed by atoms with Crippen LogP contribution in [0, 0.1) is 6.92 Å². The van der Waals surface area contributed by atoms with Crippen molar-refractivity contribution in [3.63, 3.8) is 0 Å². The van der Waals surface area contributed by atoms with Gasteiger partial charge in [-0.05, 0) is 45.9 Å². The predicted molar refractivity (Wildman–Crippen MR) is 120 cm³/mol. The number of Topliss-reactive ketones (excluding diaryl/α,β-unsaturated/α-hetero) is 1. The maximum absolute atomic E-state index is 12.2. The van der Waals surface area contributed by atoms with Gasteiger partial charge >= 0.3 is 11.9 Å². The number of hydrogen-bond donors (Lipinski definition) is 1. The zero-order valence-electron chi connectivity index (χ0n) is 18.3. The molecule has 0 radical (unpaired) electrons. The van der Waals surface area contributed by atoms with Crippen molar-refractivity contribution < 1.29 is 23.9 Å². The predicted octanol–water partition coefficient (Wildman–Crippen LogP) is 4.52. The summed E-state index contributed by atoms with van der Waals surface area (Å²) in [5, 5.41) is 3.08. The molecule has 0 saturated heterocycles. The molecule has 2 aromatic rings. The molecular formula is C23H30ClNO5. The van der Waals surface area contributed by atoms with Gasteiger partial charge in [0.25, 0.3) is 0 Å². The summed E-state index contributed by atoms with van der Waals surface area (Å²) in [4.78, 5) is 34.3. The minimum Gasteiger partial charge on any atom is -0.423 e. The summed E-state index contributed by atoms with van der Waals surface area (Å²) in [7, 11) is 0. The van der Waals surface area contributed by atoms with E-state index in [0.717, 1.165) is 0 Å². The number of ketones is 1. The fourth-order valence-electron chi connectivity index (χ4n) is 2.14. The van der Waals surface area contributed by atoms with E-state index in [4.69, 9.17) is 9.47 Å². The van der Waals surface area contributed by atoms with E-state index in [9.17, 15) is 14.4 Å². The minimum absolute atomic E-state index is 0. The smallest absolute Gasteiger partial charge is 0.308 e. The van der Waals surface area contributed by atoms with Crippen molar-refractivity contribution in [2.75, 3.05) is 6.54 Å². The normalized spacial score (nSPS) is 10.1. The molecule has 0 aromatic heterocycles. The third-order valence-electron chi connectivity index (χ3n) is 3.49. The Bertz CT molecular complexity index is 844. The Morgan fingerprint density at radius 2 is 1.40 bits per heavy atom. The van der Waals surface area contributed by atoms with E-state index in [1.807, 2.05) is 39.0 Å². The standard InChI is InChI=1S/C16H21NO5.C7H8.ClH/c1-10(18)21-14-7-6-12(8-15(14)22-11(2)19)13(20)9-17-16(3,4)5;1-7-5-3-2-4-6-7;/h6-8,17H,9H2,1-5H3;2-6H,1H3;1H. The lowest BCUT2D eigenvalue weighted by Gasteiger charge is -2.20. The molecule has 0 bridgehead atoms. The molecule has 0 saturated carbocycles. The number of nitrogens with one attached hydrogen (secondary N) is 1. The lowest BCUT2D eigenvalue weighted by molar-refractivity contribution is -0.134. The number of hydrogen-bond acceptors (Lipinski definition) is 6. The van der Waals surface area contributed by atoms with E-state index >= 15 is 0 Å². The molecule has 30 heavy (non-hydrogen) atoms. The number of benzene rings is 2. The van der Waals surface area contributed by atoms with Crippen molar-refractivity contribution >= 4 is 30.1 Å². The molecule has 0 fully saturated rings. The average molecular weight is 436 g/mol. The van der Waals surface area contributed by atoms with E-state index in [1.54, 1.807) is 0 Å². The van der Waals surface area contributed by atoms with Crippen LogP contribution in [0.3, 0.4) is 0 Å². The molecule has 0 atom stereocenters. The molecule has 164 valence electrons. The van der Waals surface area contributed by atoms with Crippen LogP contribution in [0.1, 0.15) is 50.5 Å². The van der Waals surface area contributed by atoms with Crippen LogP contribution in [0.5, 0.6) is 11.5 Å². The number of carbonyl (C=O) groups excluding carboxylic acids is 3. The van der Waals surface area contributed by atoms with Crippen LogP contribution in [0.15, 0.2) is 48.5 Å². The van der Waals surface area contributed by atoms with Gasteiger partial charge in [-0.25, -0.2) is 0 Å². The first-order valence-corrected chi connectivity index (χ1v) is 9.28. The molecule has 7 heteroatoms. The second kappa shape index (κ2) is 12.8. The fraction of sp³-hybridized carbons (Fsp3) is 0.348. The van der Waals surface area contributed by atoms with Crippen molar-refractivity contribution in [1.29, 1.82) is 0 Å². The van der Waals surface area contributed by atoms with E-state index in [0.29, 0.717) is 5.56 Å². The zero-order valence-corrected chi connectivity index (χ0v) is 19.1. The van der Waals surface area contributed by atoms with Gasteiger partial charge in [-0.3, -0.25) is 14.4 Å². The lowest BCUT2D eigenvalue weighted by atomic mass is 10.1. The number of halogens is 1. The molecule has 2 rings (SSSR count). The monoisotopic (exact) mass is 435 g/mol. The van der Waals surface area contributed by atoms with E-state index in [-0.39, 0.29) is 41.8 Å². The molecule has 6 nitrogen and oxygen atoms in total. The molecular weight excluding hydrogens is 406 g/mol. The van der Waals surface area contributed by atoms with Crippen LogP contribution in [-0.2, 0) is 9.59 Å². The van der Waals surface area contributed by atoms with E-state index in [1.165, 1.54) is 37.6 Å². The van der Waals surface area contributed by atoms with Crippen LogP contribution in [-0.4, -0.2) is 29.8 Å². The highest BCUT2D eigenvalue weighted by atomic mass is 35.5. The van der Waals surface area contributed by atoms with Crippen molar-refractivity contribution in [2.45, 2.75) is 47.1 Å². The van der Waals surface area contributed by atoms with Crippen molar-refractivity contribution in [2.24, 2.45) is 0 Å². The maximum atomic E-state index is 12.2. The number of rotatable bonds is 5. The summed E-state index contributed by atoms with van der Waals surface area (Å²) >= 11 is 0. The van der Waals surface area contributed by atoms with Crippen molar-refractivity contribution in [1.82, 2.24) is 5.32 Å². The van der Waals surface area contributed by atoms with Crippen LogP contribution < -0.4 is 14.8 Å². The Morgan fingerprint density at radius 1 is 0.867 bits per heavy atom. The Hall–Kier alpha value is -2.70. The Balaban J connectivity index is 0.000000886. The number of ether oxygens (including phenoxy) is 2. The first-order chi connectivity index (χ1) is 13.5. The number of aryl methyl sites for hydroxylation is 1. The van der Waals surface area contributed by atoms with Crippen molar-refractivity contribution in [3.05, 3.63) is 59.7 Å². The third-order valence-corrected chi connectivity index (χ3v) is 3.49. The zero-order chi connectivity index (χ0) is 22.0. The van der Waals surface area contributed by atoms with Gasteiger partial charge in [-0.15, -0.1) is 12.4 Å². The van der Waals surface area contributed by atoms with Crippen LogP contribution >= 0.6 is 12.4 Å². The molecule has 0 spiro atoms. The highest BCUT2D eigenvalue weighted by Crippen LogP contribution is 2.29. The summed E-state index contributed by atoms with van der Waals surface area (Å²) in [6, 6.07) is 14.6. The summed E-state index contributed by atoms with van der Waals surface area (Å²) in [5.41, 5.74) is 1.50. The minimum atomic E-state index is -0.564. The average Bonchev–Trinajstić information content (AvgIpc) is 2.61. The van der Waals surface area contributed by atoms with Gasteiger partial charge in [0.05, 0.1) is 6.54 Å². The molecule has 0 aliphatic rings. The second-order valence-electron chi connectivity index (χ2n) is 7.53. The molecule has 0 heterocycles. The first-order valence-electron chi connectivity index (χ1n) is 9.28. The summed E-state index contributed by atoms with van der Waals surface area (Å²) in [5.74, 6) is -1.11. The Kier molecular flexibility index (Phi) is 11.6. The van der Waals surface area contributed by atoms with Gasteiger partial charge in [0.2, 0.25) is 0 Å². The molecule has 0 aliphatic carbocycles. The van der Waals surface area contributed by atoms with E-state index < -0.39 is 11.9 Å². The van der Waals surface area contributed by atoms with Gasteiger partial charge in [-0.2, -0.15) is 0 Å². The molecule has 0 unspecified atom stereocenters. The highest BCUT2D eigenvalue weighted by Gasteiger charge is 2.16. The summed E-state index contributed by atoms with van der Waals surface area (Å²) < 4.78 is 9.95. The topological polar surface area (TPSA) is 81.7 Å². The lowest BCUT2D eigenvalue weighted by Crippen LogP contribution is -2.39. The molecule has 2 aromatic carbocycles. The second-order valence-corrected chi connectivity index (χ2v) is 7.53. The first kappa shape index (κ1) is 27.3. The number of carbonyl (C=O) groups is 3. The van der Waals surface area contributed by atoms with Gasteiger partial charge in [-0.1, -0.05) is 35.9 Å². The summed E-state index contributed by atoms with van der Waals surface area (Å²) in [6.45, 7) is 10.6. The van der Waals surface area contributed by atoms with Crippen LogP contribution in [0.25, 0.3) is 0 Å². The van der Waals surface area contributed by atoms with Crippen molar-refractivity contribution in [3.8, 4) is 11.5 Å². The Morgan fingerprint density at radius 3 is 1.83 bits per heavy atom. The highest BCUT2D eigenvalue weighted by molar-refractivity contribution is 5.98. The van der Waals surface area contributed by atoms with Crippen LogP contribution in [0.4, 0.5) is 0 Å². The maximum Gasteiger partial charge on any atom is 0.308 e. The van der Waals surface area contributed by atoms with Crippen LogP contribution in [0.2, 0.25) is 0 Å². The third kappa shape index (κ3) is 11.3. The number of esters is 2. The SMILES string of the molecule is CC(=O)Oc1ccc(C(=O)CNC(C)(C)C)cc1OC(C)=O.Cc1ccccc1.Cl. The fourth-order valence-corrected chi connectivity index (χ4v) is 2.14. The largest absolute Gasteiger partial charge is 0.423 e. The molecule has 1 N–H and O–H groups in total.